The van der Waals surface area contributed by atoms with Gasteiger partial charge in [-0.25, -0.2) is 9.37 Å². The maximum absolute atomic E-state index is 13.3. The van der Waals surface area contributed by atoms with Gasteiger partial charge in [0, 0.05) is 0 Å². The molecule has 0 aliphatic heterocycles. The summed E-state index contributed by atoms with van der Waals surface area (Å²) >= 11 is 0. The largest absolute Gasteiger partial charge is 0.342 e. The van der Waals surface area contributed by atoms with Crippen molar-refractivity contribution in [1.82, 2.24) is 9.97 Å². The first kappa shape index (κ1) is 9.19. The van der Waals surface area contributed by atoms with E-state index in [1.54, 1.807) is 6.92 Å². The molecule has 0 saturated carbocycles. The van der Waals surface area contributed by atoms with Gasteiger partial charge in [-0.15, -0.1) is 0 Å². The van der Waals surface area contributed by atoms with E-state index in [2.05, 4.69) is 9.97 Å². The first-order valence-corrected chi connectivity index (χ1v) is 3.91. The van der Waals surface area contributed by atoms with Crippen molar-refractivity contribution in [2.24, 2.45) is 5.73 Å². The maximum atomic E-state index is 13.3. The van der Waals surface area contributed by atoms with Crippen LogP contribution in [0.1, 0.15) is 38.3 Å². The van der Waals surface area contributed by atoms with Gasteiger partial charge in [0.25, 0.3) is 0 Å². The van der Waals surface area contributed by atoms with Crippen LogP contribution in [-0.2, 0) is 5.67 Å². The number of nitrogens with two attached hydrogens (primary N) is 1. The fourth-order valence-electron chi connectivity index (χ4n) is 0.870. The van der Waals surface area contributed by atoms with Gasteiger partial charge in [-0.1, -0.05) is 0 Å². The second kappa shape index (κ2) is 2.86. The second-order valence-corrected chi connectivity index (χ2v) is 3.44. The highest BCUT2D eigenvalue weighted by atomic mass is 19.1. The number of rotatable bonds is 2. The van der Waals surface area contributed by atoms with E-state index in [9.17, 15) is 4.39 Å². The molecule has 68 valence electrons. The van der Waals surface area contributed by atoms with Crippen molar-refractivity contribution in [3.63, 3.8) is 0 Å². The third kappa shape index (κ3) is 1.82. The van der Waals surface area contributed by atoms with Crippen molar-refractivity contribution < 1.29 is 4.39 Å². The van der Waals surface area contributed by atoms with Crippen LogP contribution in [0.5, 0.6) is 0 Å². The van der Waals surface area contributed by atoms with E-state index in [-0.39, 0.29) is 6.04 Å². The van der Waals surface area contributed by atoms with E-state index < -0.39 is 5.67 Å². The van der Waals surface area contributed by atoms with Crippen molar-refractivity contribution in [3.05, 3.63) is 17.7 Å². The number of hydrogen-bond donors (Lipinski definition) is 2. The summed E-state index contributed by atoms with van der Waals surface area (Å²) < 4.78 is 13.3. The fourth-order valence-corrected chi connectivity index (χ4v) is 0.870. The minimum absolute atomic E-state index is 0.180. The fraction of sp³-hybridized carbons (Fsp3) is 0.625. The normalized spacial score (nSPS) is 14.8. The minimum atomic E-state index is -1.37. The Labute approximate surface area is 71.2 Å². The molecule has 0 spiro atoms. The standard InChI is InChI=1S/C8H14FN3/c1-5(10)7-11-4-6(12-7)8(2,3)9/h4-5H,10H2,1-3H3,(H,11,12). The number of aromatic nitrogens is 2. The molecule has 0 aliphatic carbocycles. The first-order valence-electron chi connectivity index (χ1n) is 3.91. The quantitative estimate of drug-likeness (QED) is 0.710. The molecule has 0 amide bonds. The predicted molar refractivity (Wildman–Crippen MR) is 45.3 cm³/mol. The summed E-state index contributed by atoms with van der Waals surface area (Å²) in [7, 11) is 0. The van der Waals surface area contributed by atoms with Crippen LogP contribution in [0, 0.1) is 0 Å². The third-order valence-corrected chi connectivity index (χ3v) is 1.67. The van der Waals surface area contributed by atoms with Gasteiger partial charge >= 0.3 is 0 Å². The van der Waals surface area contributed by atoms with Crippen LogP contribution in [0.4, 0.5) is 4.39 Å². The van der Waals surface area contributed by atoms with Crippen LogP contribution in [-0.4, -0.2) is 9.97 Å². The minimum Gasteiger partial charge on any atom is -0.342 e. The Morgan fingerprint density at radius 2 is 2.25 bits per heavy atom. The number of nitrogens with one attached hydrogen (secondary N) is 1. The Morgan fingerprint density at radius 3 is 2.50 bits per heavy atom. The lowest BCUT2D eigenvalue weighted by Gasteiger charge is -2.10. The van der Waals surface area contributed by atoms with Crippen LogP contribution in [0.3, 0.4) is 0 Å². The Bertz CT molecular complexity index is 260. The van der Waals surface area contributed by atoms with Crippen LogP contribution in [0.25, 0.3) is 0 Å². The Morgan fingerprint density at radius 1 is 1.67 bits per heavy atom. The number of alkyl halides is 1. The second-order valence-electron chi connectivity index (χ2n) is 3.44. The van der Waals surface area contributed by atoms with Gasteiger partial charge in [-0.3, -0.25) is 0 Å². The predicted octanol–water partition coefficient (Wildman–Crippen LogP) is 1.63. The highest BCUT2D eigenvalue weighted by Gasteiger charge is 2.21. The van der Waals surface area contributed by atoms with Crippen LogP contribution >= 0.6 is 0 Å². The topological polar surface area (TPSA) is 54.7 Å². The van der Waals surface area contributed by atoms with E-state index in [0.717, 1.165) is 0 Å². The smallest absolute Gasteiger partial charge is 0.146 e. The molecule has 12 heavy (non-hydrogen) atoms. The average Bonchev–Trinajstić information content (AvgIpc) is 2.30. The van der Waals surface area contributed by atoms with Crippen molar-refractivity contribution >= 4 is 0 Å². The van der Waals surface area contributed by atoms with Gasteiger partial charge in [0.15, 0.2) is 0 Å². The highest BCUT2D eigenvalue weighted by Crippen LogP contribution is 2.22. The monoisotopic (exact) mass is 171 g/mol. The van der Waals surface area contributed by atoms with Gasteiger partial charge in [-0.2, -0.15) is 0 Å². The molecule has 3 N–H and O–H groups in total. The Kier molecular flexibility index (Phi) is 2.19. The van der Waals surface area contributed by atoms with Crippen LogP contribution in [0.15, 0.2) is 6.20 Å². The van der Waals surface area contributed by atoms with E-state index in [1.807, 2.05) is 0 Å². The molecular formula is C8H14FN3. The summed E-state index contributed by atoms with van der Waals surface area (Å²) in [6, 6.07) is -0.180. The molecule has 0 aromatic carbocycles. The average molecular weight is 171 g/mol. The van der Waals surface area contributed by atoms with Crippen LogP contribution < -0.4 is 5.73 Å². The maximum Gasteiger partial charge on any atom is 0.146 e. The summed E-state index contributed by atoms with van der Waals surface area (Å²) in [5.41, 5.74) is 4.65. The zero-order valence-electron chi connectivity index (χ0n) is 7.56. The molecule has 1 aromatic rings. The van der Waals surface area contributed by atoms with Crippen molar-refractivity contribution in [2.75, 3.05) is 0 Å². The number of aromatic amines is 1. The molecule has 3 nitrogen and oxygen atoms in total. The molecule has 0 bridgehead atoms. The lowest BCUT2D eigenvalue weighted by Crippen LogP contribution is -2.11. The number of H-pyrrole nitrogens is 1. The molecule has 1 rings (SSSR count). The summed E-state index contributed by atoms with van der Waals surface area (Å²) in [4.78, 5) is 6.80. The highest BCUT2D eigenvalue weighted by molar-refractivity contribution is 5.10. The molecule has 1 atom stereocenters. The molecule has 0 fully saturated rings. The van der Waals surface area contributed by atoms with Crippen LogP contribution in [0.2, 0.25) is 0 Å². The Balaban J connectivity index is 2.92. The zero-order valence-corrected chi connectivity index (χ0v) is 7.56. The SMILES string of the molecule is CC(N)c1ncc(C(C)(C)F)[nH]1. The number of imidazole rings is 1. The molecule has 0 saturated heterocycles. The molecule has 4 heteroatoms. The molecule has 1 aromatic heterocycles. The van der Waals surface area contributed by atoms with Gasteiger partial charge < -0.3 is 10.7 Å². The number of nitrogens with zero attached hydrogens (tertiary/aromatic N) is 1. The molecule has 0 aliphatic rings. The van der Waals surface area contributed by atoms with Gasteiger partial charge in [0.2, 0.25) is 0 Å². The lowest BCUT2D eigenvalue weighted by molar-refractivity contribution is 0.215. The molecule has 1 heterocycles. The third-order valence-electron chi connectivity index (χ3n) is 1.67. The number of halogens is 1. The van der Waals surface area contributed by atoms with Gasteiger partial charge in [-0.05, 0) is 20.8 Å². The number of hydrogen-bond acceptors (Lipinski definition) is 2. The summed E-state index contributed by atoms with van der Waals surface area (Å²) in [6.45, 7) is 4.75. The summed E-state index contributed by atoms with van der Waals surface area (Å²) in [6.07, 6.45) is 1.48. The lowest BCUT2D eigenvalue weighted by atomic mass is 10.1. The van der Waals surface area contributed by atoms with Crippen molar-refractivity contribution in [3.8, 4) is 0 Å². The molecule has 0 radical (unpaired) electrons. The van der Waals surface area contributed by atoms with Gasteiger partial charge in [0.1, 0.15) is 11.5 Å². The molecule has 1 unspecified atom stereocenters. The Hall–Kier alpha value is -0.900. The van der Waals surface area contributed by atoms with Crippen molar-refractivity contribution in [2.45, 2.75) is 32.5 Å². The van der Waals surface area contributed by atoms with Crippen molar-refractivity contribution in [1.29, 1.82) is 0 Å². The molecular weight excluding hydrogens is 157 g/mol. The van der Waals surface area contributed by atoms with E-state index in [1.165, 1.54) is 20.0 Å². The zero-order chi connectivity index (χ0) is 9.35. The van der Waals surface area contributed by atoms with E-state index >= 15 is 0 Å². The van der Waals surface area contributed by atoms with Gasteiger partial charge in [0.05, 0.1) is 17.9 Å². The van der Waals surface area contributed by atoms with E-state index in [4.69, 9.17) is 5.73 Å². The summed E-state index contributed by atoms with van der Waals surface area (Å²) in [5.74, 6) is 0.621. The first-order chi connectivity index (χ1) is 5.41. The van der Waals surface area contributed by atoms with E-state index in [0.29, 0.717) is 11.5 Å². The summed E-state index contributed by atoms with van der Waals surface area (Å²) in [5, 5.41) is 0.